The van der Waals surface area contributed by atoms with E-state index in [1.165, 1.54) is 0 Å². The zero-order valence-corrected chi connectivity index (χ0v) is 2.94. The Labute approximate surface area is 32.4 Å². The minimum atomic E-state index is 0.810. The predicted octanol–water partition coefficient (Wildman–Crippen LogP) is 0.879. The van der Waals surface area contributed by atoms with Gasteiger partial charge in [0.1, 0.15) is 0 Å². The Hall–Kier alpha value is -0.290. The van der Waals surface area contributed by atoms with Crippen molar-refractivity contribution in [2.75, 3.05) is 0 Å². The van der Waals surface area contributed by atoms with Gasteiger partial charge in [-0.05, 0) is 4.52 Å². The predicted molar refractivity (Wildman–Crippen MR) is 14.6 cm³/mol. The van der Waals surface area contributed by atoms with Crippen LogP contribution >= 0.6 is 12.2 Å². The molecule has 0 saturated heterocycles. The van der Waals surface area contributed by atoms with Crippen molar-refractivity contribution in [3.63, 3.8) is 0 Å². The minimum Gasteiger partial charge on any atom is -0.185 e. The molecule has 0 fully saturated rings. The van der Waals surface area contributed by atoms with Crippen molar-refractivity contribution in [2.24, 2.45) is 9.80 Å². The molecule has 28 valence electrons. The summed E-state index contributed by atoms with van der Waals surface area (Å²) >= 11 is 0.810. The molecule has 1 rings (SSSR count). The van der Waals surface area contributed by atoms with E-state index in [0.717, 1.165) is 12.2 Å². The van der Waals surface area contributed by atoms with Crippen LogP contribution in [0.25, 0.3) is 0 Å². The first-order valence-corrected chi connectivity index (χ1v) is 1.60. The van der Waals surface area contributed by atoms with Crippen LogP contribution in [0, 0.1) is 0 Å². The van der Waals surface area contributed by atoms with E-state index in [1.54, 1.807) is 0 Å². The van der Waals surface area contributed by atoms with Crippen molar-refractivity contribution in [1.29, 1.82) is 0 Å². The van der Waals surface area contributed by atoms with Gasteiger partial charge in [-0.25, -0.2) is 0 Å². The van der Waals surface area contributed by atoms with Crippen LogP contribution in [0.15, 0.2) is 9.80 Å². The first kappa shape index (κ1) is 2.92. The lowest BCUT2D eigenvalue weighted by atomic mass is 13.1. The zero-order chi connectivity index (χ0) is 3.54. The van der Waals surface area contributed by atoms with Crippen LogP contribution in [0.3, 0.4) is 0 Å². The highest BCUT2D eigenvalue weighted by atomic mass is 32.2. The van der Waals surface area contributed by atoms with Crippen molar-refractivity contribution >= 4 is 12.2 Å². The Morgan fingerprint density at radius 1 is 1.60 bits per heavy atom. The summed E-state index contributed by atoms with van der Waals surface area (Å²) in [7, 11) is 0. The fourth-order valence-corrected chi connectivity index (χ4v) is 0.204. The fourth-order valence-electron chi connectivity index (χ4n) is 0.0680. The van der Waals surface area contributed by atoms with E-state index in [2.05, 4.69) is 19.1 Å². The van der Waals surface area contributed by atoms with Gasteiger partial charge in [0.15, 0.2) is 0 Å². The maximum absolute atomic E-state index is 4.03. The molecular formula is N2O2S. The molecule has 0 aromatic heterocycles. The topological polar surface area (TPSA) is 43.2 Å². The van der Waals surface area contributed by atoms with Gasteiger partial charge in [0, 0.05) is 0 Å². The van der Waals surface area contributed by atoms with E-state index in [9.17, 15) is 0 Å². The summed E-state index contributed by atoms with van der Waals surface area (Å²) in [5.74, 6) is 0. The van der Waals surface area contributed by atoms with Crippen LogP contribution < -0.4 is 0 Å². The molecule has 0 bridgehead atoms. The second-order valence-corrected chi connectivity index (χ2v) is 0.829. The molecule has 0 amide bonds. The highest BCUT2D eigenvalue weighted by molar-refractivity contribution is 7.93. The van der Waals surface area contributed by atoms with Gasteiger partial charge in [-0.3, -0.25) is 0 Å². The molecule has 5 heteroatoms. The molecule has 0 unspecified atom stereocenters. The van der Waals surface area contributed by atoms with Gasteiger partial charge in [0.2, 0.25) is 12.2 Å². The summed E-state index contributed by atoms with van der Waals surface area (Å²) < 4.78 is 7.21. The molecule has 0 atom stereocenters. The van der Waals surface area contributed by atoms with E-state index in [4.69, 9.17) is 0 Å². The summed E-state index contributed by atoms with van der Waals surface area (Å²) in [4.78, 5) is 3.87. The third-order valence-electron chi connectivity index (χ3n) is 0.161. The molecule has 4 nitrogen and oxygen atoms in total. The molecule has 0 aromatic rings. The minimum absolute atomic E-state index is 0.810. The van der Waals surface area contributed by atoms with Crippen molar-refractivity contribution < 1.29 is 9.32 Å². The standard InChI is InChI=1S/N2O2S/c1-2-5-4-3-1. The average molecular weight is 92.1 g/mol. The average Bonchev–Trinajstić information content (AvgIpc) is 1.76. The Morgan fingerprint density at radius 2 is 2.60 bits per heavy atom. The summed E-state index contributed by atoms with van der Waals surface area (Å²) in [6.07, 6.45) is 0. The summed E-state index contributed by atoms with van der Waals surface area (Å²) in [6.45, 7) is 0. The summed E-state index contributed by atoms with van der Waals surface area (Å²) in [5, 5.41) is 2.95. The lowest BCUT2D eigenvalue weighted by Crippen LogP contribution is -1.58. The van der Waals surface area contributed by atoms with Gasteiger partial charge in [0.05, 0.1) is 5.28 Å². The molecule has 0 aromatic carbocycles. The van der Waals surface area contributed by atoms with Gasteiger partial charge >= 0.3 is 0 Å². The number of rotatable bonds is 0. The Balaban J connectivity index is 2.32. The fraction of sp³-hybridized carbons (Fsp3) is 0. The summed E-state index contributed by atoms with van der Waals surface area (Å²) in [6, 6.07) is 0. The van der Waals surface area contributed by atoms with Gasteiger partial charge < -0.3 is 0 Å². The van der Waals surface area contributed by atoms with Crippen molar-refractivity contribution in [3.05, 3.63) is 0 Å². The Kier molecular flexibility index (Phi) is 0.718. The molecule has 1 heterocycles. The van der Waals surface area contributed by atoms with E-state index < -0.39 is 0 Å². The third kappa shape index (κ3) is 0.489. The van der Waals surface area contributed by atoms with Crippen molar-refractivity contribution in [2.45, 2.75) is 0 Å². The van der Waals surface area contributed by atoms with Crippen molar-refractivity contribution in [3.8, 4) is 0 Å². The molecule has 5 heavy (non-hydrogen) atoms. The maximum atomic E-state index is 4.03. The van der Waals surface area contributed by atoms with Crippen LogP contribution in [-0.2, 0) is 9.32 Å². The smallest absolute Gasteiger partial charge is 0.185 e. The van der Waals surface area contributed by atoms with Gasteiger partial charge in [-0.2, -0.15) is 4.99 Å². The quantitative estimate of drug-likeness (QED) is 0.253. The van der Waals surface area contributed by atoms with E-state index in [0.29, 0.717) is 0 Å². The SMILES string of the molecule is N1=NSOO1. The Bertz CT molecular complexity index is 45.6. The number of hydrogen-bond acceptors (Lipinski definition) is 5. The van der Waals surface area contributed by atoms with E-state index in [-0.39, 0.29) is 0 Å². The number of nitrogens with zero attached hydrogens (tertiary/aromatic N) is 2. The second kappa shape index (κ2) is 1.23. The highest BCUT2D eigenvalue weighted by Gasteiger charge is 1.90. The largest absolute Gasteiger partial charge is 0.213 e. The highest BCUT2D eigenvalue weighted by Crippen LogP contribution is 2.12. The van der Waals surface area contributed by atoms with Crippen LogP contribution in [0.1, 0.15) is 0 Å². The lowest BCUT2D eigenvalue weighted by Gasteiger charge is -1.68. The van der Waals surface area contributed by atoms with Crippen LogP contribution in [-0.4, -0.2) is 0 Å². The molecule has 1 aliphatic heterocycles. The first-order valence-electron chi connectivity index (χ1n) is 0.898. The maximum Gasteiger partial charge on any atom is 0.213 e. The third-order valence-corrected chi connectivity index (χ3v) is 0.416. The molecule has 0 N–H and O–H groups in total. The molecule has 0 radical (unpaired) electrons. The monoisotopic (exact) mass is 92.0 g/mol. The zero-order valence-electron chi connectivity index (χ0n) is 2.12. The molecule has 1 aliphatic rings. The van der Waals surface area contributed by atoms with Crippen molar-refractivity contribution in [1.82, 2.24) is 0 Å². The molecule has 0 aliphatic carbocycles. The van der Waals surface area contributed by atoms with Gasteiger partial charge in [-0.1, -0.05) is 4.33 Å². The molecule has 0 spiro atoms. The lowest BCUT2D eigenvalue weighted by molar-refractivity contribution is -0.184. The normalized spacial score (nSPS) is 19.2. The van der Waals surface area contributed by atoms with Crippen LogP contribution in [0.2, 0.25) is 0 Å². The molecular weight excluding hydrogens is 92.1 g/mol. The van der Waals surface area contributed by atoms with E-state index in [1.807, 2.05) is 0 Å². The Morgan fingerprint density at radius 3 is 2.80 bits per heavy atom. The first-order chi connectivity index (χ1) is 2.50. The molecule has 0 saturated carbocycles. The summed E-state index contributed by atoms with van der Waals surface area (Å²) in [5.41, 5.74) is 0. The van der Waals surface area contributed by atoms with E-state index >= 15 is 0 Å². The number of hydrogen-bond donors (Lipinski definition) is 0. The van der Waals surface area contributed by atoms with Gasteiger partial charge in [-0.15, -0.1) is 0 Å². The van der Waals surface area contributed by atoms with Crippen LogP contribution in [0.4, 0.5) is 0 Å². The van der Waals surface area contributed by atoms with Gasteiger partial charge in [0.25, 0.3) is 0 Å². The second-order valence-electron chi connectivity index (χ2n) is 0.380. The van der Waals surface area contributed by atoms with Crippen LogP contribution in [0.5, 0.6) is 0 Å².